The Morgan fingerprint density at radius 2 is 1.73 bits per heavy atom. The third kappa shape index (κ3) is 3.60. The molecule has 1 heterocycles. The Balaban J connectivity index is 1.94. The molecule has 1 aliphatic heterocycles. The summed E-state index contributed by atoms with van der Waals surface area (Å²) < 4.78 is 21.9. The molecule has 2 aromatic carbocycles. The van der Waals surface area contributed by atoms with E-state index in [4.69, 9.17) is 18.9 Å². The number of benzene rings is 2. The van der Waals surface area contributed by atoms with E-state index in [2.05, 4.69) is 15.9 Å². The van der Waals surface area contributed by atoms with E-state index in [-0.39, 0.29) is 0 Å². The van der Waals surface area contributed by atoms with Gasteiger partial charge in [0.1, 0.15) is 11.5 Å². The predicted octanol–water partition coefficient (Wildman–Crippen LogP) is 4.46. The molecular weight excluding hydrogens is 400 g/mol. The standard InChI is InChI=1S/C20H17BrO5/c1-23-15-6-4-13(5-7-15)17-11-14(20(22)26-17)8-12-9-16(21)19(25-3)18(10-12)24-2/h4-11H,1-3H3/b14-8+. The summed E-state index contributed by atoms with van der Waals surface area (Å²) in [6.45, 7) is 0. The van der Waals surface area contributed by atoms with E-state index in [0.29, 0.717) is 22.8 Å². The fourth-order valence-electron chi connectivity index (χ4n) is 2.59. The van der Waals surface area contributed by atoms with Crippen molar-refractivity contribution in [3.05, 3.63) is 63.6 Å². The molecule has 5 nitrogen and oxygen atoms in total. The zero-order valence-electron chi connectivity index (χ0n) is 14.5. The molecule has 0 spiro atoms. The van der Waals surface area contributed by atoms with Crippen LogP contribution in [0, 0.1) is 0 Å². The molecule has 0 saturated heterocycles. The number of rotatable bonds is 5. The van der Waals surface area contributed by atoms with Crippen molar-refractivity contribution >= 4 is 33.7 Å². The molecule has 0 atom stereocenters. The maximum absolute atomic E-state index is 12.2. The highest BCUT2D eigenvalue weighted by molar-refractivity contribution is 9.10. The van der Waals surface area contributed by atoms with Gasteiger partial charge in [0.05, 0.1) is 31.4 Å². The lowest BCUT2D eigenvalue weighted by Crippen LogP contribution is -1.97. The zero-order valence-corrected chi connectivity index (χ0v) is 16.1. The van der Waals surface area contributed by atoms with Crippen molar-refractivity contribution in [1.82, 2.24) is 0 Å². The number of halogens is 1. The smallest absolute Gasteiger partial charge is 0.343 e. The summed E-state index contributed by atoms with van der Waals surface area (Å²) in [6, 6.07) is 11.0. The highest BCUT2D eigenvalue weighted by Gasteiger charge is 2.22. The molecule has 1 aliphatic rings. The molecule has 0 radical (unpaired) electrons. The largest absolute Gasteiger partial charge is 0.497 e. The van der Waals surface area contributed by atoms with E-state index in [1.807, 2.05) is 30.3 Å². The van der Waals surface area contributed by atoms with Gasteiger partial charge < -0.3 is 18.9 Å². The summed E-state index contributed by atoms with van der Waals surface area (Å²) in [7, 11) is 4.73. The Kier molecular flexibility index (Phi) is 5.32. The Bertz CT molecular complexity index is 897. The van der Waals surface area contributed by atoms with Crippen LogP contribution in [0.15, 0.2) is 52.5 Å². The minimum atomic E-state index is -0.401. The Morgan fingerprint density at radius 3 is 2.35 bits per heavy atom. The minimum Gasteiger partial charge on any atom is -0.497 e. The fourth-order valence-corrected chi connectivity index (χ4v) is 3.21. The van der Waals surface area contributed by atoms with Crippen LogP contribution in [0.3, 0.4) is 0 Å². The van der Waals surface area contributed by atoms with Gasteiger partial charge in [0.2, 0.25) is 0 Å². The van der Waals surface area contributed by atoms with Crippen LogP contribution in [0.1, 0.15) is 11.1 Å². The van der Waals surface area contributed by atoms with E-state index >= 15 is 0 Å². The Hall–Kier alpha value is -2.73. The second-order valence-corrected chi connectivity index (χ2v) is 6.32. The maximum Gasteiger partial charge on any atom is 0.343 e. The van der Waals surface area contributed by atoms with Crippen LogP contribution in [0.4, 0.5) is 0 Å². The fraction of sp³-hybridized carbons (Fsp3) is 0.150. The van der Waals surface area contributed by atoms with Gasteiger partial charge in [-0.15, -0.1) is 0 Å². The molecular formula is C20H17BrO5. The summed E-state index contributed by atoms with van der Waals surface area (Å²) in [4.78, 5) is 12.2. The van der Waals surface area contributed by atoms with E-state index < -0.39 is 5.97 Å². The Labute approximate surface area is 160 Å². The second-order valence-electron chi connectivity index (χ2n) is 5.46. The molecule has 3 rings (SSSR count). The maximum atomic E-state index is 12.2. The number of carbonyl (C=O) groups excluding carboxylic acids is 1. The van der Waals surface area contributed by atoms with Gasteiger partial charge in [-0.3, -0.25) is 0 Å². The van der Waals surface area contributed by atoms with E-state index in [1.165, 1.54) is 0 Å². The van der Waals surface area contributed by atoms with E-state index in [9.17, 15) is 4.79 Å². The first-order valence-corrected chi connectivity index (χ1v) is 8.56. The molecule has 0 aliphatic carbocycles. The number of methoxy groups -OCH3 is 3. The van der Waals surface area contributed by atoms with Gasteiger partial charge in [-0.05, 0) is 70.0 Å². The van der Waals surface area contributed by atoms with Crippen molar-refractivity contribution in [1.29, 1.82) is 0 Å². The van der Waals surface area contributed by atoms with Gasteiger partial charge in [0, 0.05) is 5.56 Å². The van der Waals surface area contributed by atoms with Gasteiger partial charge >= 0.3 is 5.97 Å². The number of carbonyl (C=O) groups is 1. The van der Waals surface area contributed by atoms with Gasteiger partial charge in [0.25, 0.3) is 0 Å². The monoisotopic (exact) mass is 416 g/mol. The Morgan fingerprint density at radius 1 is 1.00 bits per heavy atom. The summed E-state index contributed by atoms with van der Waals surface area (Å²) in [5, 5.41) is 0. The SMILES string of the molecule is COc1ccc(C2=C/C(=C\c3cc(Br)c(OC)c(OC)c3)C(=O)O2)cc1. The van der Waals surface area contributed by atoms with Crippen LogP contribution in [-0.2, 0) is 9.53 Å². The number of cyclic esters (lactones) is 1. The average molecular weight is 417 g/mol. The third-order valence-electron chi connectivity index (χ3n) is 3.88. The van der Waals surface area contributed by atoms with Crippen LogP contribution in [0.2, 0.25) is 0 Å². The lowest BCUT2D eigenvalue weighted by Gasteiger charge is -2.10. The lowest BCUT2D eigenvalue weighted by molar-refractivity contribution is -0.130. The van der Waals surface area contributed by atoms with Crippen LogP contribution in [-0.4, -0.2) is 27.3 Å². The molecule has 26 heavy (non-hydrogen) atoms. The van der Waals surface area contributed by atoms with Crippen molar-refractivity contribution in [3.8, 4) is 17.2 Å². The van der Waals surface area contributed by atoms with Gasteiger partial charge in [0.15, 0.2) is 11.5 Å². The van der Waals surface area contributed by atoms with Crippen molar-refractivity contribution in [3.63, 3.8) is 0 Å². The molecule has 0 saturated carbocycles. The first-order chi connectivity index (χ1) is 12.5. The lowest BCUT2D eigenvalue weighted by atomic mass is 10.1. The van der Waals surface area contributed by atoms with E-state index in [0.717, 1.165) is 21.3 Å². The average Bonchev–Trinajstić information content (AvgIpc) is 3.01. The molecule has 2 aromatic rings. The number of hydrogen-bond acceptors (Lipinski definition) is 5. The topological polar surface area (TPSA) is 54.0 Å². The van der Waals surface area contributed by atoms with Crippen molar-refractivity contribution in [2.75, 3.05) is 21.3 Å². The number of esters is 1. The number of ether oxygens (including phenoxy) is 4. The summed E-state index contributed by atoms with van der Waals surface area (Å²) >= 11 is 3.45. The van der Waals surface area contributed by atoms with Gasteiger partial charge in [-0.2, -0.15) is 0 Å². The van der Waals surface area contributed by atoms with E-state index in [1.54, 1.807) is 39.5 Å². The molecule has 0 fully saturated rings. The van der Waals surface area contributed by atoms with Crippen LogP contribution in [0.25, 0.3) is 11.8 Å². The molecule has 0 N–H and O–H groups in total. The van der Waals surface area contributed by atoms with Gasteiger partial charge in [-0.25, -0.2) is 4.79 Å². The third-order valence-corrected chi connectivity index (χ3v) is 4.47. The first-order valence-electron chi connectivity index (χ1n) is 7.77. The molecule has 0 aromatic heterocycles. The quantitative estimate of drug-likeness (QED) is 0.531. The first kappa shape index (κ1) is 18.1. The molecule has 0 unspecified atom stereocenters. The van der Waals surface area contributed by atoms with Crippen molar-refractivity contribution in [2.45, 2.75) is 0 Å². The highest BCUT2D eigenvalue weighted by Crippen LogP contribution is 2.37. The molecule has 6 heteroatoms. The zero-order chi connectivity index (χ0) is 18.7. The summed E-state index contributed by atoms with van der Waals surface area (Å²) in [5.41, 5.74) is 2.04. The van der Waals surface area contributed by atoms with Crippen molar-refractivity contribution in [2.24, 2.45) is 0 Å². The minimum absolute atomic E-state index is 0.401. The number of hydrogen-bond donors (Lipinski definition) is 0. The predicted molar refractivity (Wildman–Crippen MR) is 102 cm³/mol. The summed E-state index contributed by atoms with van der Waals surface area (Å²) in [6.07, 6.45) is 3.46. The molecule has 134 valence electrons. The second kappa shape index (κ2) is 7.66. The van der Waals surface area contributed by atoms with Crippen LogP contribution >= 0.6 is 15.9 Å². The van der Waals surface area contributed by atoms with Crippen LogP contribution < -0.4 is 14.2 Å². The molecule has 0 bridgehead atoms. The highest BCUT2D eigenvalue weighted by atomic mass is 79.9. The van der Waals surface area contributed by atoms with Crippen molar-refractivity contribution < 1.29 is 23.7 Å². The summed E-state index contributed by atoms with van der Waals surface area (Å²) in [5.74, 6) is 2.01. The van der Waals surface area contributed by atoms with Gasteiger partial charge in [-0.1, -0.05) is 0 Å². The molecule has 0 amide bonds. The van der Waals surface area contributed by atoms with Crippen LogP contribution in [0.5, 0.6) is 17.2 Å². The normalized spacial score (nSPS) is 14.8.